The first-order valence-corrected chi connectivity index (χ1v) is 10.8. The maximum Gasteiger partial charge on any atom is 0.262 e. The smallest absolute Gasteiger partial charge is 0.262 e. The molecule has 0 aliphatic heterocycles. The predicted molar refractivity (Wildman–Crippen MR) is 126 cm³/mol. The van der Waals surface area contributed by atoms with Crippen molar-refractivity contribution in [2.75, 3.05) is 17.2 Å². The summed E-state index contributed by atoms with van der Waals surface area (Å²) in [5.41, 5.74) is 3.78. The molecule has 3 aromatic carbocycles. The van der Waals surface area contributed by atoms with Crippen LogP contribution in [0, 0.1) is 6.92 Å². The third-order valence-corrected chi connectivity index (χ3v) is 5.80. The monoisotopic (exact) mass is 536 g/mol. The number of hydrogen-bond acceptors (Lipinski definition) is 3. The summed E-state index contributed by atoms with van der Waals surface area (Å²) in [7, 11) is 0. The van der Waals surface area contributed by atoms with Crippen molar-refractivity contribution in [1.29, 1.82) is 0 Å². The molecule has 1 amide bonds. The molecule has 0 bridgehead atoms. The summed E-state index contributed by atoms with van der Waals surface area (Å²) in [5, 5.41) is 6.92. The summed E-state index contributed by atoms with van der Waals surface area (Å²) >= 11 is 13.2. The molecule has 3 rings (SSSR count). The summed E-state index contributed by atoms with van der Waals surface area (Å²) in [5.74, 6) is 0.355. The molecule has 0 aliphatic rings. The van der Waals surface area contributed by atoms with Crippen LogP contribution in [0.25, 0.3) is 0 Å². The van der Waals surface area contributed by atoms with Crippen LogP contribution in [-0.4, -0.2) is 12.5 Å². The van der Waals surface area contributed by atoms with E-state index in [1.807, 2.05) is 67.6 Å². The van der Waals surface area contributed by atoms with Gasteiger partial charge in [-0.15, -0.1) is 0 Å². The fourth-order valence-electron chi connectivity index (χ4n) is 2.70. The second-order valence-corrected chi connectivity index (χ2v) is 8.47. The van der Waals surface area contributed by atoms with E-state index in [2.05, 4.69) is 42.5 Å². The highest BCUT2D eigenvalue weighted by molar-refractivity contribution is 9.11. The minimum Gasteiger partial charge on any atom is -0.481 e. The number of nitrogens with one attached hydrogen (secondary N) is 2. The number of ether oxygens (including phenoxy) is 1. The Bertz CT molecular complexity index is 990. The van der Waals surface area contributed by atoms with E-state index in [1.165, 1.54) is 0 Å². The number of hydrogen-bond donors (Lipinski definition) is 2. The minimum absolute atomic E-state index is 0.0919. The summed E-state index contributed by atoms with van der Waals surface area (Å²) < 4.78 is 7.24. The van der Waals surface area contributed by atoms with Gasteiger partial charge in [-0.2, -0.15) is 0 Å². The van der Waals surface area contributed by atoms with Gasteiger partial charge in [0.1, 0.15) is 5.75 Å². The summed E-state index contributed by atoms with van der Waals surface area (Å²) in [6.07, 6.45) is 0. The molecule has 7 heteroatoms. The molecule has 3 aromatic rings. The molecule has 29 heavy (non-hydrogen) atoms. The Morgan fingerprint density at radius 2 is 1.72 bits per heavy atom. The van der Waals surface area contributed by atoms with Gasteiger partial charge in [-0.05, 0) is 86.3 Å². The zero-order valence-corrected chi connectivity index (χ0v) is 19.6. The molecular weight excluding hydrogens is 520 g/mol. The highest BCUT2D eigenvalue weighted by Gasteiger charge is 2.12. The molecule has 0 heterocycles. The highest BCUT2D eigenvalue weighted by Crippen LogP contribution is 2.35. The molecule has 4 nitrogen and oxygen atoms in total. The van der Waals surface area contributed by atoms with Crippen LogP contribution in [0.4, 0.5) is 11.4 Å². The zero-order valence-electron chi connectivity index (χ0n) is 15.6. The van der Waals surface area contributed by atoms with Crippen LogP contribution in [0.2, 0.25) is 5.02 Å². The number of amides is 1. The molecular formula is C22H19Br2ClN2O2. The lowest BCUT2D eigenvalue weighted by molar-refractivity contribution is -0.118. The average molecular weight is 539 g/mol. The van der Waals surface area contributed by atoms with Gasteiger partial charge in [-0.3, -0.25) is 4.79 Å². The van der Waals surface area contributed by atoms with Crippen LogP contribution in [0.15, 0.2) is 69.6 Å². The molecule has 2 N–H and O–H groups in total. The van der Waals surface area contributed by atoms with Crippen molar-refractivity contribution in [1.82, 2.24) is 0 Å². The van der Waals surface area contributed by atoms with Crippen molar-refractivity contribution in [3.63, 3.8) is 0 Å². The van der Waals surface area contributed by atoms with Gasteiger partial charge in [0, 0.05) is 22.9 Å². The number of rotatable bonds is 7. The fourth-order valence-corrected chi connectivity index (χ4v) is 4.39. The number of anilines is 2. The first-order chi connectivity index (χ1) is 13.9. The topological polar surface area (TPSA) is 50.4 Å². The van der Waals surface area contributed by atoms with Gasteiger partial charge in [0.05, 0.1) is 8.95 Å². The van der Waals surface area contributed by atoms with Crippen molar-refractivity contribution in [2.45, 2.75) is 13.5 Å². The van der Waals surface area contributed by atoms with Crippen LogP contribution >= 0.6 is 43.5 Å². The van der Waals surface area contributed by atoms with Crippen LogP contribution < -0.4 is 15.4 Å². The number of halogens is 3. The summed E-state index contributed by atoms with van der Waals surface area (Å²) in [4.78, 5) is 12.1. The van der Waals surface area contributed by atoms with Gasteiger partial charge in [0.2, 0.25) is 0 Å². The van der Waals surface area contributed by atoms with Crippen molar-refractivity contribution in [3.8, 4) is 5.75 Å². The standard InChI is InChI=1S/C22H19Br2ClN2O2/c1-14-19(25)8-5-9-20(14)26-12-15-10-17(23)22(18(24)11-15)29-13-21(28)27-16-6-3-2-4-7-16/h2-11,26H,12-13H2,1H3,(H,27,28). The molecule has 0 aliphatic carbocycles. The quantitative estimate of drug-likeness (QED) is 0.348. The largest absolute Gasteiger partial charge is 0.481 e. The van der Waals surface area contributed by atoms with Crippen molar-refractivity contribution < 1.29 is 9.53 Å². The number of carbonyl (C=O) groups is 1. The van der Waals surface area contributed by atoms with Gasteiger partial charge < -0.3 is 15.4 Å². The van der Waals surface area contributed by atoms with E-state index in [0.29, 0.717) is 12.3 Å². The van der Waals surface area contributed by atoms with Crippen LogP contribution in [0.5, 0.6) is 5.75 Å². The van der Waals surface area contributed by atoms with Crippen LogP contribution in [-0.2, 0) is 11.3 Å². The fraction of sp³-hybridized carbons (Fsp3) is 0.136. The van der Waals surface area contributed by atoms with E-state index < -0.39 is 0 Å². The van der Waals surface area contributed by atoms with Crippen molar-refractivity contribution >= 4 is 60.7 Å². The van der Waals surface area contributed by atoms with E-state index in [4.69, 9.17) is 16.3 Å². The van der Waals surface area contributed by atoms with Crippen LogP contribution in [0.3, 0.4) is 0 Å². The van der Waals surface area contributed by atoms with Gasteiger partial charge in [-0.25, -0.2) is 0 Å². The highest BCUT2D eigenvalue weighted by atomic mass is 79.9. The Labute approximate surface area is 191 Å². The maximum atomic E-state index is 12.1. The van der Waals surface area contributed by atoms with E-state index >= 15 is 0 Å². The van der Waals surface area contributed by atoms with Crippen LogP contribution in [0.1, 0.15) is 11.1 Å². The van der Waals surface area contributed by atoms with Gasteiger partial charge >= 0.3 is 0 Å². The molecule has 0 saturated heterocycles. The lowest BCUT2D eigenvalue weighted by atomic mass is 10.1. The van der Waals surface area contributed by atoms with E-state index in [0.717, 1.165) is 36.5 Å². The lowest BCUT2D eigenvalue weighted by Gasteiger charge is -2.14. The molecule has 0 saturated carbocycles. The summed E-state index contributed by atoms with van der Waals surface area (Å²) in [6.45, 7) is 2.51. The Morgan fingerprint density at radius 1 is 1.03 bits per heavy atom. The Hall–Kier alpha value is -2.02. The van der Waals surface area contributed by atoms with Gasteiger partial charge in [0.25, 0.3) is 5.91 Å². The van der Waals surface area contributed by atoms with E-state index in [1.54, 1.807) is 0 Å². The Balaban J connectivity index is 1.61. The maximum absolute atomic E-state index is 12.1. The van der Waals surface area contributed by atoms with Gasteiger partial charge in [-0.1, -0.05) is 35.9 Å². The third-order valence-electron chi connectivity index (χ3n) is 4.21. The first-order valence-electron chi connectivity index (χ1n) is 8.88. The van der Waals surface area contributed by atoms with E-state index in [9.17, 15) is 4.79 Å². The molecule has 0 fully saturated rings. The number of benzene rings is 3. The molecule has 0 spiro atoms. The molecule has 0 radical (unpaired) electrons. The third kappa shape index (κ3) is 5.98. The van der Waals surface area contributed by atoms with Gasteiger partial charge in [0.15, 0.2) is 6.61 Å². The first kappa shape index (κ1) is 21.7. The second-order valence-electron chi connectivity index (χ2n) is 6.36. The number of para-hydroxylation sites is 1. The molecule has 0 aromatic heterocycles. The zero-order chi connectivity index (χ0) is 20.8. The minimum atomic E-state index is -0.225. The second kappa shape index (κ2) is 10.1. The molecule has 0 unspecified atom stereocenters. The predicted octanol–water partition coefficient (Wildman–Crippen LogP) is 6.80. The number of carbonyl (C=O) groups excluding carboxylic acids is 1. The molecule has 0 atom stereocenters. The Morgan fingerprint density at radius 3 is 2.41 bits per heavy atom. The Kier molecular flexibility index (Phi) is 7.58. The summed E-state index contributed by atoms with van der Waals surface area (Å²) in [6, 6.07) is 19.0. The SMILES string of the molecule is Cc1c(Cl)cccc1NCc1cc(Br)c(OCC(=O)Nc2ccccc2)c(Br)c1. The molecule has 150 valence electrons. The van der Waals surface area contributed by atoms with Crippen molar-refractivity contribution in [2.24, 2.45) is 0 Å². The van der Waals surface area contributed by atoms with Crippen molar-refractivity contribution in [3.05, 3.63) is 85.8 Å². The average Bonchev–Trinajstić information content (AvgIpc) is 2.69. The lowest BCUT2D eigenvalue weighted by Crippen LogP contribution is -2.20. The van der Waals surface area contributed by atoms with E-state index in [-0.39, 0.29) is 12.5 Å². The normalized spacial score (nSPS) is 10.5.